The van der Waals surface area contributed by atoms with E-state index >= 15 is 4.39 Å². The summed E-state index contributed by atoms with van der Waals surface area (Å²) in [6, 6.07) is 13.9. The van der Waals surface area contributed by atoms with Crippen LogP contribution in [0.5, 0.6) is 6.01 Å². The Morgan fingerprint density at radius 3 is 2.49 bits per heavy atom. The Morgan fingerprint density at radius 1 is 1.02 bits per heavy atom. The van der Waals surface area contributed by atoms with E-state index < -0.39 is 17.8 Å². The van der Waals surface area contributed by atoms with Gasteiger partial charge < -0.3 is 14.5 Å². The number of benzene rings is 2. The number of hydrogen-bond donors (Lipinski definition) is 0. The molecule has 2 aromatic carbocycles. The number of aromatic nitrogens is 5. The molecule has 14 heteroatoms. The molecule has 2 atom stereocenters. The van der Waals surface area contributed by atoms with E-state index in [2.05, 4.69) is 29.8 Å². The minimum Gasteiger partial charge on any atom is -0.467 e. The Balaban J connectivity index is 0.000000340. The summed E-state index contributed by atoms with van der Waals surface area (Å²) in [5, 5.41) is 8.64. The predicted molar refractivity (Wildman–Crippen MR) is 197 cm³/mol. The molecular formula is C39H40F3N9O2. The molecule has 3 aliphatic heterocycles. The fourth-order valence-electron chi connectivity index (χ4n) is 7.03. The lowest BCUT2D eigenvalue weighted by Gasteiger charge is -2.35. The van der Waals surface area contributed by atoms with Gasteiger partial charge in [-0.15, -0.1) is 0 Å². The molecule has 5 aromatic rings. The summed E-state index contributed by atoms with van der Waals surface area (Å²) in [5.41, 5.74) is 0.994. The third-order valence-corrected chi connectivity index (χ3v) is 9.48. The van der Waals surface area contributed by atoms with Gasteiger partial charge in [0, 0.05) is 75.1 Å². The molecule has 3 saturated heterocycles. The van der Waals surface area contributed by atoms with Crippen molar-refractivity contribution in [2.24, 2.45) is 0 Å². The SMILES string of the molecule is CC#N.COc1nc(N2CCN(C(=O)/C=C/c3ccnc(C)n3)CC2)c2cnc(-c3cccc4cccc(F)c34)c(F)c2n1.FC1CC2CCCN2C1. The summed E-state index contributed by atoms with van der Waals surface area (Å²) in [6.07, 6.45) is 9.13. The number of amides is 1. The van der Waals surface area contributed by atoms with Gasteiger partial charge in [-0.2, -0.15) is 15.2 Å². The maximum absolute atomic E-state index is 16.1. The fourth-order valence-corrected chi connectivity index (χ4v) is 7.03. The second kappa shape index (κ2) is 16.8. The fraction of sp³-hybridized carbons (Fsp3) is 0.359. The van der Waals surface area contributed by atoms with Gasteiger partial charge >= 0.3 is 6.01 Å². The van der Waals surface area contributed by atoms with Crippen LogP contribution in [0.4, 0.5) is 19.0 Å². The lowest BCUT2D eigenvalue weighted by Crippen LogP contribution is -2.48. The van der Waals surface area contributed by atoms with E-state index in [1.54, 1.807) is 66.6 Å². The second-order valence-corrected chi connectivity index (χ2v) is 12.9. The summed E-state index contributed by atoms with van der Waals surface area (Å²) in [7, 11) is 1.41. The highest BCUT2D eigenvalue weighted by atomic mass is 19.1. The van der Waals surface area contributed by atoms with Crippen LogP contribution >= 0.6 is 0 Å². The summed E-state index contributed by atoms with van der Waals surface area (Å²) < 4.78 is 48.8. The molecule has 0 bridgehead atoms. The summed E-state index contributed by atoms with van der Waals surface area (Å²) in [6.45, 7) is 6.86. The first kappa shape index (κ1) is 37.1. The van der Waals surface area contributed by atoms with Gasteiger partial charge in [0.25, 0.3) is 0 Å². The quantitative estimate of drug-likeness (QED) is 0.191. The summed E-state index contributed by atoms with van der Waals surface area (Å²) in [4.78, 5) is 40.3. The molecule has 53 heavy (non-hydrogen) atoms. The molecule has 3 aliphatic rings. The van der Waals surface area contributed by atoms with Crippen LogP contribution in [0.25, 0.3) is 39.0 Å². The summed E-state index contributed by atoms with van der Waals surface area (Å²) in [5.74, 6) is -0.212. The zero-order valence-corrected chi connectivity index (χ0v) is 29.8. The van der Waals surface area contributed by atoms with Crippen molar-refractivity contribution in [3.63, 3.8) is 0 Å². The van der Waals surface area contributed by atoms with Gasteiger partial charge in [0.2, 0.25) is 5.91 Å². The molecule has 274 valence electrons. The smallest absolute Gasteiger partial charge is 0.318 e. The Bertz CT molecular complexity index is 2150. The number of pyridine rings is 1. The molecule has 0 saturated carbocycles. The number of fused-ring (bicyclic) bond motifs is 3. The van der Waals surface area contributed by atoms with Gasteiger partial charge in [0.15, 0.2) is 5.82 Å². The minimum atomic E-state index is -0.695. The average Bonchev–Trinajstić information content (AvgIpc) is 3.75. The molecule has 0 radical (unpaired) electrons. The molecule has 0 aliphatic carbocycles. The lowest BCUT2D eigenvalue weighted by molar-refractivity contribution is -0.126. The molecular weight excluding hydrogens is 683 g/mol. The molecule has 3 fully saturated rings. The number of rotatable bonds is 5. The Kier molecular flexibility index (Phi) is 11.7. The monoisotopic (exact) mass is 723 g/mol. The van der Waals surface area contributed by atoms with Crippen molar-refractivity contribution in [2.45, 2.75) is 45.3 Å². The molecule has 0 spiro atoms. The number of nitrogens with zero attached hydrogens (tertiary/aromatic N) is 9. The third-order valence-electron chi connectivity index (χ3n) is 9.48. The first-order chi connectivity index (χ1) is 25.7. The number of methoxy groups -OCH3 is 1. The van der Waals surface area contributed by atoms with E-state index in [1.165, 1.54) is 45.2 Å². The van der Waals surface area contributed by atoms with Crippen molar-refractivity contribution in [3.8, 4) is 23.3 Å². The third kappa shape index (κ3) is 8.36. The highest BCUT2D eigenvalue weighted by Gasteiger charge is 2.34. The van der Waals surface area contributed by atoms with Crippen molar-refractivity contribution in [2.75, 3.05) is 51.3 Å². The van der Waals surface area contributed by atoms with E-state index in [4.69, 9.17) is 10.00 Å². The van der Waals surface area contributed by atoms with Crippen LogP contribution in [0.3, 0.4) is 0 Å². The molecule has 3 aromatic heterocycles. The van der Waals surface area contributed by atoms with Crippen molar-refractivity contribution in [3.05, 3.63) is 84.1 Å². The van der Waals surface area contributed by atoms with Gasteiger partial charge in [-0.05, 0) is 56.3 Å². The number of carbonyl (C=O) groups excluding carboxylic acids is 1. The number of piperazine rings is 1. The van der Waals surface area contributed by atoms with Crippen LogP contribution < -0.4 is 9.64 Å². The van der Waals surface area contributed by atoms with Gasteiger partial charge in [-0.3, -0.25) is 14.7 Å². The Morgan fingerprint density at radius 2 is 1.77 bits per heavy atom. The number of carbonyl (C=O) groups is 1. The molecule has 2 unspecified atom stereocenters. The molecule has 0 N–H and O–H groups in total. The zero-order chi connectivity index (χ0) is 37.5. The Hall–Kier alpha value is -5.68. The number of nitriles is 1. The maximum atomic E-state index is 16.1. The molecule has 8 rings (SSSR count). The number of halogens is 3. The maximum Gasteiger partial charge on any atom is 0.318 e. The van der Waals surface area contributed by atoms with Crippen molar-refractivity contribution >= 4 is 39.5 Å². The number of anilines is 1. The minimum absolute atomic E-state index is 0.00534. The summed E-state index contributed by atoms with van der Waals surface area (Å²) >= 11 is 0. The van der Waals surface area contributed by atoms with Crippen molar-refractivity contribution < 1.29 is 22.7 Å². The van der Waals surface area contributed by atoms with Gasteiger partial charge in [0.1, 0.15) is 34.8 Å². The first-order valence-corrected chi connectivity index (χ1v) is 17.5. The van der Waals surface area contributed by atoms with Gasteiger partial charge in [-0.1, -0.05) is 30.3 Å². The predicted octanol–water partition coefficient (Wildman–Crippen LogP) is 6.31. The highest BCUT2D eigenvalue weighted by Crippen LogP contribution is 2.36. The zero-order valence-electron chi connectivity index (χ0n) is 29.8. The number of ether oxygens (including phenoxy) is 1. The highest BCUT2D eigenvalue weighted by molar-refractivity contribution is 5.99. The number of aryl methyl sites for hydroxylation is 1. The van der Waals surface area contributed by atoms with Crippen LogP contribution in [-0.2, 0) is 4.79 Å². The van der Waals surface area contributed by atoms with Gasteiger partial charge in [-0.25, -0.2) is 23.1 Å². The van der Waals surface area contributed by atoms with Crippen LogP contribution in [0.2, 0.25) is 0 Å². The number of hydrogen-bond acceptors (Lipinski definition) is 10. The van der Waals surface area contributed by atoms with E-state index in [1.807, 2.05) is 4.90 Å². The van der Waals surface area contributed by atoms with E-state index in [-0.39, 0.29) is 28.5 Å². The van der Waals surface area contributed by atoms with E-state index in [0.29, 0.717) is 72.4 Å². The van der Waals surface area contributed by atoms with E-state index in [9.17, 15) is 13.6 Å². The van der Waals surface area contributed by atoms with Crippen molar-refractivity contribution in [1.29, 1.82) is 5.26 Å². The topological polar surface area (TPSA) is 124 Å². The van der Waals surface area contributed by atoms with Crippen molar-refractivity contribution in [1.82, 2.24) is 34.7 Å². The lowest BCUT2D eigenvalue weighted by atomic mass is 10.0. The second-order valence-electron chi connectivity index (χ2n) is 12.9. The molecule has 11 nitrogen and oxygen atoms in total. The molecule has 6 heterocycles. The first-order valence-electron chi connectivity index (χ1n) is 17.5. The largest absolute Gasteiger partial charge is 0.467 e. The average molecular weight is 724 g/mol. The van der Waals surface area contributed by atoms with Crippen LogP contribution in [0.15, 0.2) is 60.9 Å². The molecule has 1 amide bonds. The Labute approximate surface area is 305 Å². The van der Waals surface area contributed by atoms with Crippen LogP contribution in [-0.4, -0.2) is 99.2 Å². The normalized spacial score (nSPS) is 18.3. The van der Waals surface area contributed by atoms with Crippen LogP contribution in [0.1, 0.15) is 37.7 Å². The number of alkyl halides is 1. The van der Waals surface area contributed by atoms with Crippen LogP contribution in [0, 0.1) is 29.9 Å². The standard InChI is InChI=1S/C30H25F2N7O2.C7H12FN.C2H3N/c1-18-33-12-11-20(35-18)9-10-24(40)38-13-15-39(16-14-38)29-22-17-34-27(26(32)28(22)36-30(37-29)41-2)21-7-3-5-19-6-4-8-23(31)25(19)21;8-6-4-7-2-1-3-9(7)5-6;1-2-3/h3-12,17H,13-16H2,1-2H3;6-7H,1-5H2;1H3/b10-9+;;. The van der Waals surface area contributed by atoms with E-state index in [0.717, 1.165) is 13.0 Å². The van der Waals surface area contributed by atoms with Gasteiger partial charge in [0.05, 0.1) is 24.3 Å².